The van der Waals surface area contributed by atoms with Crippen LogP contribution in [0.2, 0.25) is 5.02 Å². The van der Waals surface area contributed by atoms with Gasteiger partial charge in [0.2, 0.25) is 0 Å². The molecule has 0 radical (unpaired) electrons. The Kier molecular flexibility index (Phi) is 3.24. The molecule has 0 saturated heterocycles. The van der Waals surface area contributed by atoms with E-state index in [1.807, 2.05) is 6.92 Å². The molecule has 2 nitrogen and oxygen atoms in total. The molecule has 1 aromatic heterocycles. The van der Waals surface area contributed by atoms with Crippen molar-refractivity contribution in [3.05, 3.63) is 70.2 Å². The van der Waals surface area contributed by atoms with E-state index < -0.39 is 11.9 Å². The first-order valence-corrected chi connectivity index (χ1v) is 6.55. The summed E-state index contributed by atoms with van der Waals surface area (Å²) >= 11 is 5.91. The maximum absolute atomic E-state index is 13.8. The highest BCUT2D eigenvalue weighted by atomic mass is 35.5. The van der Waals surface area contributed by atoms with E-state index in [-0.39, 0.29) is 5.56 Å². The van der Waals surface area contributed by atoms with Gasteiger partial charge in [0.25, 0.3) is 0 Å². The van der Waals surface area contributed by atoms with E-state index in [1.165, 1.54) is 6.07 Å². The second-order valence-corrected chi connectivity index (χ2v) is 5.19. The van der Waals surface area contributed by atoms with Gasteiger partial charge in [-0.1, -0.05) is 29.3 Å². The van der Waals surface area contributed by atoms with Crippen LogP contribution < -0.4 is 0 Å². The van der Waals surface area contributed by atoms with Crippen LogP contribution in [0.4, 0.5) is 4.39 Å². The first-order chi connectivity index (χ1) is 9.54. The fourth-order valence-corrected chi connectivity index (χ4v) is 2.38. The number of fused-ring (bicyclic) bond motifs is 1. The lowest BCUT2D eigenvalue weighted by atomic mass is 10.0. The third-order valence-corrected chi connectivity index (χ3v) is 3.45. The SMILES string of the molecule is Cc1ccc(F)c(C(O)c2cc3cc(Cl)ccc3o2)c1. The topological polar surface area (TPSA) is 33.4 Å². The van der Waals surface area contributed by atoms with Crippen molar-refractivity contribution in [3.63, 3.8) is 0 Å². The molecule has 4 heteroatoms. The fraction of sp³-hybridized carbons (Fsp3) is 0.125. The second kappa shape index (κ2) is 4.93. The summed E-state index contributed by atoms with van der Waals surface area (Å²) in [6.07, 6.45) is -1.14. The van der Waals surface area contributed by atoms with Crippen molar-refractivity contribution in [2.75, 3.05) is 0 Å². The molecule has 3 rings (SSSR count). The molecule has 3 aromatic rings. The molecule has 102 valence electrons. The third kappa shape index (κ3) is 2.30. The zero-order valence-electron chi connectivity index (χ0n) is 10.7. The zero-order valence-corrected chi connectivity index (χ0v) is 11.5. The van der Waals surface area contributed by atoms with Crippen molar-refractivity contribution in [2.45, 2.75) is 13.0 Å². The molecule has 0 fully saturated rings. The summed E-state index contributed by atoms with van der Waals surface area (Å²) in [4.78, 5) is 0. The number of halogens is 2. The van der Waals surface area contributed by atoms with E-state index in [2.05, 4.69) is 0 Å². The van der Waals surface area contributed by atoms with E-state index in [1.54, 1.807) is 36.4 Å². The average molecular weight is 291 g/mol. The number of rotatable bonds is 2. The number of aryl methyl sites for hydroxylation is 1. The first-order valence-electron chi connectivity index (χ1n) is 6.18. The molecule has 0 spiro atoms. The summed E-state index contributed by atoms with van der Waals surface area (Å²) < 4.78 is 19.4. The van der Waals surface area contributed by atoms with Gasteiger partial charge in [0.15, 0.2) is 0 Å². The van der Waals surface area contributed by atoms with Crippen molar-refractivity contribution in [1.29, 1.82) is 0 Å². The van der Waals surface area contributed by atoms with Crippen molar-refractivity contribution in [2.24, 2.45) is 0 Å². The molecule has 1 N–H and O–H groups in total. The molecule has 0 aliphatic carbocycles. The molecule has 2 aromatic carbocycles. The van der Waals surface area contributed by atoms with Crippen molar-refractivity contribution >= 4 is 22.6 Å². The minimum atomic E-state index is -1.14. The lowest BCUT2D eigenvalue weighted by Crippen LogP contribution is -2.01. The highest BCUT2D eigenvalue weighted by Gasteiger charge is 2.19. The Hall–Kier alpha value is -1.84. The van der Waals surface area contributed by atoms with E-state index in [0.717, 1.165) is 10.9 Å². The lowest BCUT2D eigenvalue weighted by Gasteiger charge is -2.10. The summed E-state index contributed by atoms with van der Waals surface area (Å²) in [5, 5.41) is 11.7. The number of benzene rings is 2. The smallest absolute Gasteiger partial charge is 0.139 e. The Bertz CT molecular complexity index is 779. The normalized spacial score (nSPS) is 12.8. The Balaban J connectivity index is 2.07. The van der Waals surface area contributed by atoms with Gasteiger partial charge in [-0.25, -0.2) is 4.39 Å². The van der Waals surface area contributed by atoms with Gasteiger partial charge >= 0.3 is 0 Å². The molecule has 1 unspecified atom stereocenters. The molecule has 0 aliphatic rings. The van der Waals surface area contributed by atoms with Crippen LogP contribution in [0.25, 0.3) is 11.0 Å². The number of aliphatic hydroxyl groups is 1. The largest absolute Gasteiger partial charge is 0.458 e. The predicted octanol–water partition coefficient (Wildman–Crippen LogP) is 4.62. The molecule has 0 amide bonds. The summed E-state index contributed by atoms with van der Waals surface area (Å²) in [7, 11) is 0. The predicted molar refractivity (Wildman–Crippen MR) is 76.4 cm³/mol. The Morgan fingerprint density at radius 3 is 2.75 bits per heavy atom. The minimum absolute atomic E-state index is 0.204. The van der Waals surface area contributed by atoms with Crippen LogP contribution in [0.1, 0.15) is 23.0 Å². The maximum atomic E-state index is 13.8. The molecule has 0 bridgehead atoms. The summed E-state index contributed by atoms with van der Waals surface area (Å²) in [6.45, 7) is 1.84. The van der Waals surface area contributed by atoms with E-state index in [0.29, 0.717) is 16.4 Å². The van der Waals surface area contributed by atoms with Gasteiger partial charge in [0, 0.05) is 16.0 Å². The van der Waals surface area contributed by atoms with Crippen LogP contribution in [0.15, 0.2) is 46.9 Å². The van der Waals surface area contributed by atoms with Crippen LogP contribution in [-0.4, -0.2) is 5.11 Å². The van der Waals surface area contributed by atoms with Gasteiger partial charge in [-0.15, -0.1) is 0 Å². The molecular weight excluding hydrogens is 279 g/mol. The molecular formula is C16H12ClFO2. The Morgan fingerprint density at radius 1 is 1.15 bits per heavy atom. The molecule has 1 atom stereocenters. The third-order valence-electron chi connectivity index (χ3n) is 3.21. The van der Waals surface area contributed by atoms with Crippen LogP contribution in [0.3, 0.4) is 0 Å². The van der Waals surface area contributed by atoms with E-state index in [9.17, 15) is 9.50 Å². The van der Waals surface area contributed by atoms with Crippen LogP contribution in [-0.2, 0) is 0 Å². The highest BCUT2D eigenvalue weighted by Crippen LogP contribution is 2.31. The molecule has 0 saturated carbocycles. The highest BCUT2D eigenvalue weighted by molar-refractivity contribution is 6.31. The van der Waals surface area contributed by atoms with Crippen molar-refractivity contribution < 1.29 is 13.9 Å². The van der Waals surface area contributed by atoms with E-state index >= 15 is 0 Å². The summed E-state index contributed by atoms with van der Waals surface area (Å²) in [5.41, 5.74) is 1.69. The summed E-state index contributed by atoms with van der Waals surface area (Å²) in [5.74, 6) is -0.159. The van der Waals surface area contributed by atoms with Crippen LogP contribution in [0, 0.1) is 12.7 Å². The van der Waals surface area contributed by atoms with Crippen LogP contribution in [0.5, 0.6) is 0 Å². The molecule has 1 heterocycles. The lowest BCUT2D eigenvalue weighted by molar-refractivity contribution is 0.187. The van der Waals surface area contributed by atoms with E-state index in [4.69, 9.17) is 16.0 Å². The Morgan fingerprint density at radius 2 is 1.95 bits per heavy atom. The van der Waals surface area contributed by atoms with Gasteiger partial charge in [-0.2, -0.15) is 0 Å². The maximum Gasteiger partial charge on any atom is 0.139 e. The molecule has 20 heavy (non-hydrogen) atoms. The van der Waals surface area contributed by atoms with Gasteiger partial charge in [0.05, 0.1) is 0 Å². The van der Waals surface area contributed by atoms with Crippen molar-refractivity contribution in [1.82, 2.24) is 0 Å². The standard InChI is InChI=1S/C16H12ClFO2/c1-9-2-4-13(18)12(6-9)16(19)15-8-10-7-11(17)3-5-14(10)20-15/h2-8,16,19H,1H3. The van der Waals surface area contributed by atoms with Gasteiger partial charge in [0.1, 0.15) is 23.3 Å². The van der Waals surface area contributed by atoms with Gasteiger partial charge in [-0.3, -0.25) is 0 Å². The second-order valence-electron chi connectivity index (χ2n) is 4.76. The van der Waals surface area contributed by atoms with Gasteiger partial charge < -0.3 is 9.52 Å². The fourth-order valence-electron chi connectivity index (χ4n) is 2.20. The summed E-state index contributed by atoms with van der Waals surface area (Å²) in [6, 6.07) is 11.5. The number of furan rings is 1. The monoisotopic (exact) mass is 290 g/mol. The van der Waals surface area contributed by atoms with Gasteiger partial charge in [-0.05, 0) is 37.3 Å². The number of aliphatic hydroxyl groups excluding tert-OH is 1. The first kappa shape index (κ1) is 13.2. The minimum Gasteiger partial charge on any atom is -0.458 e. The zero-order chi connectivity index (χ0) is 14.3. The van der Waals surface area contributed by atoms with Crippen molar-refractivity contribution in [3.8, 4) is 0 Å². The quantitative estimate of drug-likeness (QED) is 0.747. The number of hydrogen-bond donors (Lipinski definition) is 1. The number of hydrogen-bond acceptors (Lipinski definition) is 2. The average Bonchev–Trinajstić information content (AvgIpc) is 2.83. The molecule has 0 aliphatic heterocycles. The van der Waals surface area contributed by atoms with Crippen LogP contribution >= 0.6 is 11.6 Å². The Labute approximate surface area is 120 Å².